The molecule has 0 N–H and O–H groups in total. The van der Waals surface area contributed by atoms with E-state index in [-0.39, 0.29) is 0 Å². The van der Waals surface area contributed by atoms with Crippen molar-refractivity contribution >= 4 is 10.8 Å². The van der Waals surface area contributed by atoms with Gasteiger partial charge in [-0.15, -0.1) is 0 Å². The molecule has 0 saturated carbocycles. The molecule has 0 heteroatoms. The Morgan fingerprint density at radius 1 is 0.556 bits per heavy atom. The molecule has 0 spiro atoms. The highest BCUT2D eigenvalue weighted by Crippen LogP contribution is 2.28. The summed E-state index contributed by atoms with van der Waals surface area (Å²) in [5, 5.41) is 2.64. The Morgan fingerprint density at radius 2 is 1.19 bits per heavy atom. The van der Waals surface area contributed by atoms with Crippen molar-refractivity contribution in [1.29, 1.82) is 0 Å². The minimum Gasteiger partial charge on any atom is -0.0620 e. The second-order valence-electron chi connectivity index (χ2n) is 7.18. The fraction of sp³-hybridized carbons (Fsp3) is 0.185. The highest BCUT2D eigenvalue weighted by atomic mass is 14.1. The van der Waals surface area contributed by atoms with E-state index in [0.717, 1.165) is 6.42 Å². The highest BCUT2D eigenvalue weighted by Gasteiger charge is 2.05. The quantitative estimate of drug-likeness (QED) is 0.347. The zero-order valence-electron chi connectivity index (χ0n) is 16.8. The lowest BCUT2D eigenvalue weighted by Gasteiger charge is -2.11. The van der Waals surface area contributed by atoms with E-state index in [1.807, 2.05) is 0 Å². The molecule has 0 saturated heterocycles. The number of benzene rings is 4. The molecule has 0 aliphatic rings. The first kappa shape index (κ1) is 18.9. The molecule has 0 heterocycles. The van der Waals surface area contributed by atoms with Crippen LogP contribution in [0.15, 0.2) is 84.9 Å². The van der Waals surface area contributed by atoms with Gasteiger partial charge in [-0.1, -0.05) is 103 Å². The van der Waals surface area contributed by atoms with E-state index < -0.39 is 0 Å². The van der Waals surface area contributed by atoms with Crippen LogP contribution in [0.25, 0.3) is 21.9 Å². The van der Waals surface area contributed by atoms with Crippen molar-refractivity contribution in [3.05, 3.63) is 107 Å². The first-order chi connectivity index (χ1) is 13.1. The Labute approximate surface area is 163 Å². The van der Waals surface area contributed by atoms with Gasteiger partial charge in [0.15, 0.2) is 0 Å². The van der Waals surface area contributed by atoms with Crippen molar-refractivity contribution in [2.24, 2.45) is 0 Å². The fourth-order valence-corrected chi connectivity index (χ4v) is 3.43. The number of fused-ring (bicyclic) bond motifs is 1. The molecule has 0 aromatic heterocycles. The van der Waals surface area contributed by atoms with Gasteiger partial charge in [0, 0.05) is 0 Å². The van der Waals surface area contributed by atoms with E-state index in [9.17, 15) is 0 Å². The molecule has 0 aliphatic carbocycles. The summed E-state index contributed by atoms with van der Waals surface area (Å²) in [4.78, 5) is 0. The lowest BCUT2D eigenvalue weighted by molar-refractivity contribution is 1.14. The van der Waals surface area contributed by atoms with E-state index in [0.29, 0.717) is 0 Å². The van der Waals surface area contributed by atoms with Gasteiger partial charge in [0.1, 0.15) is 0 Å². The molecule has 0 bridgehead atoms. The van der Waals surface area contributed by atoms with Gasteiger partial charge in [-0.2, -0.15) is 0 Å². The maximum atomic E-state index is 2.29. The summed E-state index contributed by atoms with van der Waals surface area (Å²) in [7, 11) is 0. The van der Waals surface area contributed by atoms with Gasteiger partial charge in [0.25, 0.3) is 0 Å². The molecular formula is C27H28. The summed E-state index contributed by atoms with van der Waals surface area (Å²) >= 11 is 0. The average Bonchev–Trinajstić information content (AvgIpc) is 2.69. The largest absolute Gasteiger partial charge is 0.0620 e. The monoisotopic (exact) mass is 352 g/mol. The molecule has 0 nitrogen and oxygen atoms in total. The van der Waals surface area contributed by atoms with Gasteiger partial charge >= 0.3 is 0 Å². The number of hydrogen-bond acceptors (Lipinski definition) is 0. The van der Waals surface area contributed by atoms with Crippen molar-refractivity contribution in [1.82, 2.24) is 0 Å². The molecule has 136 valence electrons. The molecule has 27 heavy (non-hydrogen) atoms. The minimum absolute atomic E-state index is 1.09. The molecule has 0 fully saturated rings. The average molecular weight is 353 g/mol. The van der Waals surface area contributed by atoms with Crippen LogP contribution in [0.2, 0.25) is 0 Å². The molecule has 0 aliphatic heterocycles. The van der Waals surface area contributed by atoms with Crippen molar-refractivity contribution in [3.63, 3.8) is 0 Å². The van der Waals surface area contributed by atoms with E-state index in [1.165, 1.54) is 44.2 Å². The van der Waals surface area contributed by atoms with Crippen LogP contribution < -0.4 is 0 Å². The summed E-state index contributed by atoms with van der Waals surface area (Å²) in [6.45, 7) is 8.66. The molecule has 0 unspecified atom stereocenters. The maximum Gasteiger partial charge on any atom is -0.0147 e. The third kappa shape index (κ3) is 4.65. The van der Waals surface area contributed by atoms with Gasteiger partial charge in [-0.05, 0) is 60.2 Å². The Morgan fingerprint density at radius 3 is 1.93 bits per heavy atom. The van der Waals surface area contributed by atoms with Gasteiger partial charge in [0.05, 0.1) is 0 Å². The van der Waals surface area contributed by atoms with Crippen LogP contribution in [0.1, 0.15) is 29.2 Å². The number of aryl methyl sites for hydroxylation is 4. The molecule has 4 aromatic rings. The summed E-state index contributed by atoms with van der Waals surface area (Å²) < 4.78 is 0. The Bertz CT molecular complexity index is 1040. The Balaban J connectivity index is 0.000000166. The van der Waals surface area contributed by atoms with Crippen LogP contribution in [0.5, 0.6) is 0 Å². The van der Waals surface area contributed by atoms with Crippen LogP contribution in [-0.4, -0.2) is 0 Å². The number of rotatable bonds is 2. The smallest absolute Gasteiger partial charge is 0.0147 e. The topological polar surface area (TPSA) is 0 Å². The number of hydrogen-bond donors (Lipinski definition) is 0. The third-order valence-corrected chi connectivity index (χ3v) is 4.99. The highest BCUT2D eigenvalue weighted by molar-refractivity contribution is 5.82. The summed E-state index contributed by atoms with van der Waals surface area (Å²) in [5.74, 6) is 0. The van der Waals surface area contributed by atoms with Crippen molar-refractivity contribution in [2.45, 2.75) is 34.1 Å². The predicted octanol–water partition coefficient (Wildman–Crippen LogP) is 7.68. The van der Waals surface area contributed by atoms with Crippen LogP contribution in [0, 0.1) is 20.8 Å². The zero-order chi connectivity index (χ0) is 19.2. The zero-order valence-corrected chi connectivity index (χ0v) is 16.8. The first-order valence-electron chi connectivity index (χ1n) is 9.69. The van der Waals surface area contributed by atoms with Crippen molar-refractivity contribution < 1.29 is 0 Å². The van der Waals surface area contributed by atoms with Crippen LogP contribution in [0.4, 0.5) is 0 Å². The molecule has 4 rings (SSSR count). The minimum atomic E-state index is 1.09. The molecule has 0 radical (unpaired) electrons. The van der Waals surface area contributed by atoms with Crippen LogP contribution in [0.3, 0.4) is 0 Å². The second-order valence-corrected chi connectivity index (χ2v) is 7.18. The molecular weight excluding hydrogens is 324 g/mol. The van der Waals surface area contributed by atoms with E-state index in [2.05, 4.69) is 113 Å². The van der Waals surface area contributed by atoms with Crippen LogP contribution in [-0.2, 0) is 6.42 Å². The molecule has 4 aromatic carbocycles. The summed E-state index contributed by atoms with van der Waals surface area (Å²) in [6, 6.07) is 30.3. The summed E-state index contributed by atoms with van der Waals surface area (Å²) in [5.41, 5.74) is 8.19. The Kier molecular flexibility index (Phi) is 6.08. The summed E-state index contributed by atoms with van der Waals surface area (Å²) in [6.07, 6.45) is 1.09. The van der Waals surface area contributed by atoms with E-state index >= 15 is 0 Å². The van der Waals surface area contributed by atoms with E-state index in [4.69, 9.17) is 0 Å². The standard InChI is InChI=1S/C16H18.C11H10/c1-4-14-10-9-12(2)11-16(14)15-8-6-5-7-13(15)3;1-9-6-7-10-4-2-3-5-11(10)8-9/h5-11H,4H2,1-3H3;2-8H,1H3. The van der Waals surface area contributed by atoms with Gasteiger partial charge in [-0.3, -0.25) is 0 Å². The van der Waals surface area contributed by atoms with Crippen LogP contribution >= 0.6 is 0 Å². The van der Waals surface area contributed by atoms with Gasteiger partial charge < -0.3 is 0 Å². The van der Waals surface area contributed by atoms with Gasteiger partial charge in [0.2, 0.25) is 0 Å². The molecule has 0 atom stereocenters. The van der Waals surface area contributed by atoms with E-state index in [1.54, 1.807) is 0 Å². The van der Waals surface area contributed by atoms with Gasteiger partial charge in [-0.25, -0.2) is 0 Å². The maximum absolute atomic E-state index is 2.29. The van der Waals surface area contributed by atoms with Crippen molar-refractivity contribution in [2.75, 3.05) is 0 Å². The predicted molar refractivity (Wildman–Crippen MR) is 119 cm³/mol. The molecule has 0 amide bonds. The third-order valence-electron chi connectivity index (χ3n) is 4.99. The normalized spacial score (nSPS) is 10.4. The second kappa shape index (κ2) is 8.68. The fourth-order valence-electron chi connectivity index (χ4n) is 3.43. The lowest BCUT2D eigenvalue weighted by Crippen LogP contribution is -1.90. The SMILES string of the molecule is CCc1ccc(C)cc1-c1ccccc1C.Cc1ccc2ccccc2c1. The Hall–Kier alpha value is -2.86. The first-order valence-corrected chi connectivity index (χ1v) is 9.69. The van der Waals surface area contributed by atoms with Crippen molar-refractivity contribution in [3.8, 4) is 11.1 Å². The lowest BCUT2D eigenvalue weighted by atomic mass is 9.93.